The van der Waals surface area contributed by atoms with Crippen LogP contribution in [0.15, 0.2) is 42.5 Å². The van der Waals surface area contributed by atoms with E-state index in [-0.39, 0.29) is 47.9 Å². The van der Waals surface area contributed by atoms with Crippen molar-refractivity contribution in [3.8, 4) is 17.2 Å². The Labute approximate surface area is 232 Å². The third-order valence-corrected chi connectivity index (χ3v) is 8.01. The Hall–Kier alpha value is -2.84. The van der Waals surface area contributed by atoms with Crippen molar-refractivity contribution >= 4 is 5.78 Å². The summed E-state index contributed by atoms with van der Waals surface area (Å²) in [6.07, 6.45) is -0.308. The van der Waals surface area contributed by atoms with Crippen LogP contribution in [0.2, 0.25) is 0 Å². The summed E-state index contributed by atoms with van der Waals surface area (Å²) in [4.78, 5) is 11.9. The van der Waals surface area contributed by atoms with E-state index in [0.29, 0.717) is 25.2 Å². The van der Waals surface area contributed by atoms with Gasteiger partial charge in [0.05, 0.1) is 6.61 Å². The monoisotopic (exact) mass is 570 g/mol. The Morgan fingerprint density at radius 3 is 2.08 bits per heavy atom. The maximum absolute atomic E-state index is 12.9. The molecule has 0 spiro atoms. The summed E-state index contributed by atoms with van der Waals surface area (Å²) in [5.41, 5.74) is 1.83. The van der Waals surface area contributed by atoms with Crippen LogP contribution in [0.1, 0.15) is 101 Å². The summed E-state index contributed by atoms with van der Waals surface area (Å²) >= 11 is 0. The van der Waals surface area contributed by atoms with Crippen LogP contribution in [0.3, 0.4) is 0 Å². The molecule has 0 radical (unpaired) electrons. The van der Waals surface area contributed by atoms with Crippen molar-refractivity contribution < 1.29 is 41.7 Å². The Balaban J connectivity index is 1.38. The maximum Gasteiger partial charge on any atom is 0.453 e. The van der Waals surface area contributed by atoms with E-state index in [4.69, 9.17) is 4.74 Å². The van der Waals surface area contributed by atoms with Gasteiger partial charge in [0.25, 0.3) is 0 Å². The SMILES string of the molecule is C[C@]1(c2ccc(O)cc2)COc2cc(O)ccc2[C@H]1CCCCCCCCC(=O)CCCCC(F)(F)C(F)(F)F. The number of fused-ring (bicyclic) bond motifs is 1. The molecule has 40 heavy (non-hydrogen) atoms. The third-order valence-electron chi connectivity index (χ3n) is 8.01. The number of unbranched alkanes of at least 4 members (excludes halogenated alkanes) is 6. The molecular formula is C31H39F5O4. The molecule has 9 heteroatoms. The molecule has 0 saturated heterocycles. The van der Waals surface area contributed by atoms with Crippen LogP contribution in [0, 0.1) is 0 Å². The van der Waals surface area contributed by atoms with Crippen LogP contribution in [-0.4, -0.2) is 34.7 Å². The lowest BCUT2D eigenvalue weighted by atomic mass is 9.66. The minimum Gasteiger partial charge on any atom is -0.508 e. The number of aromatic hydroxyl groups is 2. The molecule has 2 aromatic carbocycles. The smallest absolute Gasteiger partial charge is 0.453 e. The van der Waals surface area contributed by atoms with E-state index in [0.717, 1.165) is 49.7 Å². The summed E-state index contributed by atoms with van der Waals surface area (Å²) in [5.74, 6) is -3.56. The number of carbonyl (C=O) groups is 1. The van der Waals surface area contributed by atoms with Crippen molar-refractivity contribution in [2.45, 2.75) is 107 Å². The predicted octanol–water partition coefficient (Wildman–Crippen LogP) is 8.98. The van der Waals surface area contributed by atoms with Crippen molar-refractivity contribution in [1.82, 2.24) is 0 Å². The molecule has 3 rings (SSSR count). The van der Waals surface area contributed by atoms with Gasteiger partial charge < -0.3 is 14.9 Å². The van der Waals surface area contributed by atoms with Crippen LogP contribution in [0.5, 0.6) is 17.2 Å². The Kier molecular flexibility index (Phi) is 10.8. The van der Waals surface area contributed by atoms with Gasteiger partial charge in [-0.05, 0) is 55.0 Å². The number of phenolic OH excluding ortho intramolecular Hbond substituents is 2. The number of alkyl halides is 5. The van der Waals surface area contributed by atoms with Crippen LogP contribution < -0.4 is 4.74 Å². The van der Waals surface area contributed by atoms with Crippen molar-refractivity contribution in [1.29, 1.82) is 0 Å². The van der Waals surface area contributed by atoms with Gasteiger partial charge >= 0.3 is 12.1 Å². The fourth-order valence-corrected chi connectivity index (χ4v) is 5.52. The molecule has 1 heterocycles. The van der Waals surface area contributed by atoms with Crippen LogP contribution in [0.25, 0.3) is 0 Å². The van der Waals surface area contributed by atoms with Gasteiger partial charge in [0, 0.05) is 36.7 Å². The molecule has 222 valence electrons. The van der Waals surface area contributed by atoms with Crippen molar-refractivity contribution in [2.24, 2.45) is 0 Å². The zero-order valence-corrected chi connectivity index (χ0v) is 22.9. The lowest BCUT2D eigenvalue weighted by Gasteiger charge is -2.43. The molecule has 0 aromatic heterocycles. The molecule has 1 aliphatic heterocycles. The lowest BCUT2D eigenvalue weighted by Crippen LogP contribution is -2.40. The molecule has 0 aliphatic carbocycles. The highest BCUT2D eigenvalue weighted by atomic mass is 19.4. The number of ether oxygens (including phenoxy) is 1. The number of hydrogen-bond acceptors (Lipinski definition) is 4. The zero-order valence-electron chi connectivity index (χ0n) is 22.9. The van der Waals surface area contributed by atoms with E-state index in [1.165, 1.54) is 0 Å². The van der Waals surface area contributed by atoms with Crippen molar-refractivity contribution in [3.05, 3.63) is 53.6 Å². The maximum atomic E-state index is 12.9. The Morgan fingerprint density at radius 1 is 0.850 bits per heavy atom. The quantitative estimate of drug-likeness (QED) is 0.166. The van der Waals surface area contributed by atoms with E-state index in [2.05, 4.69) is 6.92 Å². The number of Topliss-reactive ketones (excluding diaryl/α,β-unsaturated/α-hetero) is 1. The number of benzene rings is 2. The highest BCUT2D eigenvalue weighted by Gasteiger charge is 2.56. The van der Waals surface area contributed by atoms with Gasteiger partial charge in [-0.3, -0.25) is 4.79 Å². The van der Waals surface area contributed by atoms with Gasteiger partial charge in [0.2, 0.25) is 0 Å². The lowest BCUT2D eigenvalue weighted by molar-refractivity contribution is -0.284. The highest BCUT2D eigenvalue weighted by molar-refractivity contribution is 5.78. The van der Waals surface area contributed by atoms with Crippen LogP contribution >= 0.6 is 0 Å². The minimum atomic E-state index is -5.54. The summed E-state index contributed by atoms with van der Waals surface area (Å²) in [7, 11) is 0. The molecule has 0 bridgehead atoms. The van der Waals surface area contributed by atoms with Gasteiger partial charge in [-0.1, -0.05) is 57.2 Å². The molecule has 2 atom stereocenters. The molecule has 1 aliphatic rings. The molecule has 0 saturated carbocycles. The number of rotatable bonds is 15. The number of hydrogen-bond donors (Lipinski definition) is 2. The normalized spacial score (nSPS) is 19.2. The second kappa shape index (κ2) is 13.7. The fraction of sp³-hybridized carbons (Fsp3) is 0.581. The number of phenols is 2. The first kappa shape index (κ1) is 31.7. The fourth-order valence-electron chi connectivity index (χ4n) is 5.52. The van der Waals surface area contributed by atoms with E-state index >= 15 is 0 Å². The molecule has 0 fully saturated rings. The zero-order chi connectivity index (χ0) is 29.4. The summed E-state index contributed by atoms with van der Waals surface area (Å²) in [6, 6.07) is 12.5. The van der Waals surface area contributed by atoms with Gasteiger partial charge in [-0.2, -0.15) is 22.0 Å². The van der Waals surface area contributed by atoms with Gasteiger partial charge in [0.15, 0.2) is 0 Å². The number of halogens is 5. The first-order chi connectivity index (χ1) is 18.8. The standard InChI is InChI=1S/C31H39F5O4/c1-29(22-13-15-24(38)16-14-22)21-40-28-20-25(39)17-18-26(28)27(29)12-7-5-3-2-4-6-10-23(37)11-8-9-19-30(32,33)31(34,35)36/h13-18,20,27,38-39H,2-12,19,21H2,1H3/t27-,29-/m1/s1. The third kappa shape index (κ3) is 8.33. The molecule has 2 N–H and O–H groups in total. The Morgan fingerprint density at radius 2 is 1.43 bits per heavy atom. The van der Waals surface area contributed by atoms with Crippen molar-refractivity contribution in [3.63, 3.8) is 0 Å². The summed E-state index contributed by atoms with van der Waals surface area (Å²) in [6.45, 7) is 2.62. The van der Waals surface area contributed by atoms with E-state index in [1.54, 1.807) is 24.3 Å². The predicted molar refractivity (Wildman–Crippen MR) is 143 cm³/mol. The van der Waals surface area contributed by atoms with Gasteiger partial charge in [-0.25, -0.2) is 0 Å². The highest BCUT2D eigenvalue weighted by Crippen LogP contribution is 2.49. The molecule has 2 aromatic rings. The minimum absolute atomic E-state index is 0.0398. The average Bonchev–Trinajstić information content (AvgIpc) is 2.89. The van der Waals surface area contributed by atoms with E-state index in [1.807, 2.05) is 18.2 Å². The Bertz CT molecular complexity index is 1100. The second-order valence-corrected chi connectivity index (χ2v) is 11.1. The molecule has 4 nitrogen and oxygen atoms in total. The topological polar surface area (TPSA) is 66.8 Å². The molecule has 0 amide bonds. The first-order valence-electron chi connectivity index (χ1n) is 14.0. The van der Waals surface area contributed by atoms with E-state index < -0.39 is 18.5 Å². The van der Waals surface area contributed by atoms with Crippen molar-refractivity contribution in [2.75, 3.05) is 6.61 Å². The second-order valence-electron chi connectivity index (χ2n) is 11.1. The molecule has 0 unspecified atom stereocenters. The van der Waals surface area contributed by atoms with Gasteiger partial charge in [-0.15, -0.1) is 0 Å². The first-order valence-corrected chi connectivity index (χ1v) is 14.0. The average molecular weight is 571 g/mol. The number of carbonyl (C=O) groups excluding carboxylic acids is 1. The van der Waals surface area contributed by atoms with E-state index in [9.17, 15) is 37.0 Å². The largest absolute Gasteiger partial charge is 0.508 e. The van der Waals surface area contributed by atoms with Gasteiger partial charge in [0.1, 0.15) is 23.0 Å². The van der Waals surface area contributed by atoms with Crippen LogP contribution in [0.4, 0.5) is 22.0 Å². The number of ketones is 1. The van der Waals surface area contributed by atoms with Crippen LogP contribution in [-0.2, 0) is 10.2 Å². The summed E-state index contributed by atoms with van der Waals surface area (Å²) < 4.78 is 68.4. The molecular weight excluding hydrogens is 531 g/mol. The summed E-state index contributed by atoms with van der Waals surface area (Å²) in [5, 5.41) is 19.7.